The summed E-state index contributed by atoms with van der Waals surface area (Å²) < 4.78 is 58.6. The molecule has 3 aromatic heterocycles. The molecule has 0 saturated heterocycles. The molecule has 0 fully saturated rings. The molecule has 0 radical (unpaired) electrons. The highest BCUT2D eigenvalue weighted by Crippen LogP contribution is 2.34. The Balaban J connectivity index is 1.75. The number of hydrogen-bond acceptors (Lipinski definition) is 6. The normalized spacial score (nSPS) is 11.5. The molecule has 0 amide bonds. The molecule has 182 valence electrons. The SMILES string of the molecule is COc1cccc(-c2cc(-c3cccc(OC)c3)n(-c3nc(-c4ccco4)cc(C(F)(F)F)n3)n2)c1. The molecule has 10 heteroatoms. The molecule has 0 atom stereocenters. The van der Waals surface area contributed by atoms with Gasteiger partial charge in [-0.25, -0.2) is 9.97 Å². The number of furan rings is 1. The number of rotatable bonds is 6. The van der Waals surface area contributed by atoms with E-state index in [1.807, 2.05) is 6.07 Å². The van der Waals surface area contributed by atoms with Gasteiger partial charge in [-0.3, -0.25) is 0 Å². The first-order valence-corrected chi connectivity index (χ1v) is 10.7. The topological polar surface area (TPSA) is 75.2 Å². The maximum absolute atomic E-state index is 13.8. The van der Waals surface area contributed by atoms with E-state index in [9.17, 15) is 13.2 Å². The van der Waals surface area contributed by atoms with Gasteiger partial charge < -0.3 is 13.9 Å². The summed E-state index contributed by atoms with van der Waals surface area (Å²) in [6.45, 7) is 0. The monoisotopic (exact) mass is 492 g/mol. The number of benzene rings is 2. The van der Waals surface area contributed by atoms with Gasteiger partial charge in [0.2, 0.25) is 0 Å². The summed E-state index contributed by atoms with van der Waals surface area (Å²) in [7, 11) is 3.08. The van der Waals surface area contributed by atoms with Gasteiger partial charge in [-0.15, -0.1) is 0 Å². The molecule has 0 bridgehead atoms. The predicted molar refractivity (Wildman–Crippen MR) is 126 cm³/mol. The van der Waals surface area contributed by atoms with Crippen LogP contribution in [0.3, 0.4) is 0 Å². The van der Waals surface area contributed by atoms with Crippen molar-refractivity contribution in [3.63, 3.8) is 0 Å². The molecule has 5 rings (SSSR count). The van der Waals surface area contributed by atoms with Crippen LogP contribution in [-0.2, 0) is 6.18 Å². The quantitative estimate of drug-likeness (QED) is 0.277. The molecule has 0 saturated carbocycles. The minimum Gasteiger partial charge on any atom is -0.497 e. The van der Waals surface area contributed by atoms with Crippen molar-refractivity contribution in [2.45, 2.75) is 6.18 Å². The van der Waals surface area contributed by atoms with Crippen molar-refractivity contribution in [2.75, 3.05) is 14.2 Å². The molecule has 0 spiro atoms. The molecule has 7 nitrogen and oxygen atoms in total. The minimum atomic E-state index is -4.71. The number of nitrogens with zero attached hydrogens (tertiary/aromatic N) is 4. The van der Waals surface area contributed by atoms with Crippen molar-refractivity contribution in [3.8, 4) is 51.4 Å². The van der Waals surface area contributed by atoms with Gasteiger partial charge in [0.15, 0.2) is 11.5 Å². The second kappa shape index (κ2) is 9.21. The van der Waals surface area contributed by atoms with Crippen LogP contribution in [0.4, 0.5) is 13.2 Å². The molecule has 0 N–H and O–H groups in total. The maximum atomic E-state index is 13.8. The van der Waals surface area contributed by atoms with Gasteiger partial charge in [-0.05, 0) is 48.5 Å². The zero-order valence-corrected chi connectivity index (χ0v) is 19.2. The average molecular weight is 492 g/mol. The third kappa shape index (κ3) is 4.52. The fraction of sp³-hybridized carbons (Fsp3) is 0.115. The zero-order valence-electron chi connectivity index (χ0n) is 19.2. The van der Waals surface area contributed by atoms with Crippen molar-refractivity contribution in [3.05, 3.63) is 84.8 Å². The highest BCUT2D eigenvalue weighted by Gasteiger charge is 2.34. The second-order valence-electron chi connectivity index (χ2n) is 7.70. The third-order valence-electron chi connectivity index (χ3n) is 5.41. The second-order valence-corrected chi connectivity index (χ2v) is 7.70. The number of hydrogen-bond donors (Lipinski definition) is 0. The molecule has 36 heavy (non-hydrogen) atoms. The molecule has 0 unspecified atom stereocenters. The Kier molecular flexibility index (Phi) is 5.93. The summed E-state index contributed by atoms with van der Waals surface area (Å²) in [6.07, 6.45) is -3.35. The molecule has 3 heterocycles. The zero-order chi connectivity index (χ0) is 25.3. The summed E-state index contributed by atoms with van der Waals surface area (Å²) >= 11 is 0. The van der Waals surface area contributed by atoms with E-state index in [1.165, 1.54) is 24.1 Å². The van der Waals surface area contributed by atoms with E-state index in [0.29, 0.717) is 34.0 Å². The van der Waals surface area contributed by atoms with Crippen LogP contribution < -0.4 is 9.47 Å². The first kappa shape index (κ1) is 23.2. The summed E-state index contributed by atoms with van der Waals surface area (Å²) in [4.78, 5) is 8.19. The fourth-order valence-electron chi connectivity index (χ4n) is 3.67. The smallest absolute Gasteiger partial charge is 0.433 e. The Morgan fingerprint density at radius 1 is 0.778 bits per heavy atom. The van der Waals surface area contributed by atoms with Crippen LogP contribution in [0.15, 0.2) is 83.5 Å². The Morgan fingerprint density at radius 3 is 2.11 bits per heavy atom. The predicted octanol–water partition coefficient (Wildman–Crippen LogP) is 6.29. The number of ether oxygens (including phenoxy) is 2. The standard InChI is InChI=1S/C26H19F3N4O3/c1-34-18-8-3-6-16(12-18)20-14-22(17-7-4-9-19(13-17)35-2)33(32-20)25-30-21(23-10-5-11-36-23)15-24(31-25)26(27,28)29/h3-15H,1-2H3. The van der Waals surface area contributed by atoms with Crippen molar-refractivity contribution in [1.29, 1.82) is 0 Å². The number of aromatic nitrogens is 4. The maximum Gasteiger partial charge on any atom is 0.433 e. The lowest BCUT2D eigenvalue weighted by Gasteiger charge is -2.12. The Morgan fingerprint density at radius 2 is 1.47 bits per heavy atom. The van der Waals surface area contributed by atoms with Crippen LogP contribution in [0.5, 0.6) is 11.5 Å². The summed E-state index contributed by atoms with van der Waals surface area (Å²) in [5.41, 5.74) is 1.18. The van der Waals surface area contributed by atoms with Gasteiger partial charge in [0.05, 0.1) is 31.9 Å². The summed E-state index contributed by atoms with van der Waals surface area (Å²) in [6, 6.07) is 20.0. The minimum absolute atomic E-state index is 0.0210. The van der Waals surface area contributed by atoms with Crippen molar-refractivity contribution < 1.29 is 27.1 Å². The summed E-state index contributed by atoms with van der Waals surface area (Å²) in [5, 5.41) is 4.60. The molecule has 2 aromatic carbocycles. The highest BCUT2D eigenvalue weighted by molar-refractivity contribution is 5.71. The van der Waals surface area contributed by atoms with Gasteiger partial charge in [0.25, 0.3) is 5.95 Å². The van der Waals surface area contributed by atoms with E-state index in [2.05, 4.69) is 15.1 Å². The highest BCUT2D eigenvalue weighted by atomic mass is 19.4. The van der Waals surface area contributed by atoms with Crippen LogP contribution in [-0.4, -0.2) is 34.0 Å². The van der Waals surface area contributed by atoms with E-state index < -0.39 is 11.9 Å². The fourth-order valence-corrected chi connectivity index (χ4v) is 3.67. The number of alkyl halides is 3. The Hall–Kier alpha value is -4.60. The number of methoxy groups -OCH3 is 2. The Labute approximate surface area is 203 Å². The molecule has 0 aliphatic heterocycles. The lowest BCUT2D eigenvalue weighted by Crippen LogP contribution is -2.14. The Bertz CT molecular complexity index is 1510. The summed E-state index contributed by atoms with van der Waals surface area (Å²) in [5.74, 6) is 1.10. The van der Waals surface area contributed by atoms with E-state index in [1.54, 1.807) is 61.7 Å². The average Bonchev–Trinajstić information content (AvgIpc) is 3.59. The largest absolute Gasteiger partial charge is 0.497 e. The van der Waals surface area contributed by atoms with Crippen LogP contribution in [0, 0.1) is 0 Å². The first-order chi connectivity index (χ1) is 17.4. The molecule has 0 aliphatic rings. The van der Waals surface area contributed by atoms with E-state index in [4.69, 9.17) is 13.9 Å². The van der Waals surface area contributed by atoms with Crippen molar-refractivity contribution >= 4 is 0 Å². The van der Waals surface area contributed by atoms with Crippen LogP contribution >= 0.6 is 0 Å². The third-order valence-corrected chi connectivity index (χ3v) is 5.41. The molecular weight excluding hydrogens is 473 g/mol. The lowest BCUT2D eigenvalue weighted by atomic mass is 10.1. The van der Waals surface area contributed by atoms with E-state index >= 15 is 0 Å². The van der Waals surface area contributed by atoms with Gasteiger partial charge in [-0.2, -0.15) is 23.0 Å². The lowest BCUT2D eigenvalue weighted by molar-refractivity contribution is -0.141. The first-order valence-electron chi connectivity index (χ1n) is 10.7. The van der Waals surface area contributed by atoms with Crippen molar-refractivity contribution in [1.82, 2.24) is 19.7 Å². The van der Waals surface area contributed by atoms with Crippen molar-refractivity contribution in [2.24, 2.45) is 0 Å². The molecular formula is C26H19F3N4O3. The molecule has 0 aliphatic carbocycles. The molecule has 5 aromatic rings. The van der Waals surface area contributed by atoms with Gasteiger partial charge in [-0.1, -0.05) is 24.3 Å². The van der Waals surface area contributed by atoms with Crippen LogP contribution in [0.1, 0.15) is 5.69 Å². The van der Waals surface area contributed by atoms with E-state index in [0.717, 1.165) is 6.07 Å². The van der Waals surface area contributed by atoms with Crippen LogP contribution in [0.2, 0.25) is 0 Å². The number of halogens is 3. The van der Waals surface area contributed by atoms with Crippen LogP contribution in [0.25, 0.3) is 39.9 Å². The van der Waals surface area contributed by atoms with Gasteiger partial charge in [0, 0.05) is 11.1 Å². The van der Waals surface area contributed by atoms with Gasteiger partial charge in [0.1, 0.15) is 17.2 Å². The van der Waals surface area contributed by atoms with Gasteiger partial charge >= 0.3 is 6.18 Å². The van der Waals surface area contributed by atoms with E-state index in [-0.39, 0.29) is 17.4 Å².